The summed E-state index contributed by atoms with van der Waals surface area (Å²) in [6.45, 7) is 3.35. The van der Waals surface area contributed by atoms with Crippen molar-refractivity contribution in [3.63, 3.8) is 0 Å². The molecular formula is C9H15NO3. The Kier molecular flexibility index (Phi) is 4.80. The van der Waals surface area contributed by atoms with E-state index < -0.39 is 5.97 Å². The number of allylic oxidation sites excluding steroid dienone is 1. The molecule has 0 aromatic carbocycles. The van der Waals surface area contributed by atoms with Crippen LogP contribution in [0.1, 0.15) is 20.3 Å². The Hall–Kier alpha value is -1.32. The number of hydrogen-bond donors (Lipinski definition) is 1. The fourth-order valence-electron chi connectivity index (χ4n) is 0.969. The molecule has 0 aromatic rings. The van der Waals surface area contributed by atoms with Crippen LogP contribution in [0.2, 0.25) is 0 Å². The molecule has 0 spiro atoms. The molecule has 0 atom stereocenters. The maximum absolute atomic E-state index is 11.4. The molecule has 0 heterocycles. The first-order valence-corrected chi connectivity index (χ1v) is 4.13. The van der Waals surface area contributed by atoms with Crippen molar-refractivity contribution in [2.45, 2.75) is 20.3 Å². The zero-order valence-corrected chi connectivity index (χ0v) is 8.20. The van der Waals surface area contributed by atoms with Gasteiger partial charge in [-0.3, -0.25) is 9.59 Å². The predicted octanol–water partition coefficient (Wildman–Crippen LogP) is 0.886. The first-order chi connectivity index (χ1) is 5.99. The number of nitrogens with zero attached hydrogens (tertiary/aromatic N) is 1. The van der Waals surface area contributed by atoms with Gasteiger partial charge in [-0.15, -0.1) is 0 Å². The third kappa shape index (κ3) is 4.30. The second-order valence-electron chi connectivity index (χ2n) is 2.85. The molecule has 13 heavy (non-hydrogen) atoms. The Morgan fingerprint density at radius 1 is 1.46 bits per heavy atom. The smallest absolute Gasteiger partial charge is 0.323 e. The molecule has 0 saturated heterocycles. The largest absolute Gasteiger partial charge is 0.480 e. The molecule has 1 amide bonds. The van der Waals surface area contributed by atoms with Crippen LogP contribution in [0.4, 0.5) is 0 Å². The van der Waals surface area contributed by atoms with Crippen LogP contribution in [0.15, 0.2) is 11.6 Å². The van der Waals surface area contributed by atoms with Gasteiger partial charge in [-0.05, 0) is 13.3 Å². The fourth-order valence-corrected chi connectivity index (χ4v) is 0.969. The predicted molar refractivity (Wildman–Crippen MR) is 49.3 cm³/mol. The molecule has 0 aromatic heterocycles. The molecule has 0 rings (SSSR count). The first-order valence-electron chi connectivity index (χ1n) is 4.13. The van der Waals surface area contributed by atoms with Crippen molar-refractivity contribution in [2.75, 3.05) is 13.6 Å². The Bertz CT molecular complexity index is 233. The van der Waals surface area contributed by atoms with Crippen LogP contribution in [0.5, 0.6) is 0 Å². The number of amides is 1. The molecule has 0 aliphatic heterocycles. The van der Waals surface area contributed by atoms with Gasteiger partial charge in [0.05, 0.1) is 0 Å². The van der Waals surface area contributed by atoms with Crippen LogP contribution in [-0.2, 0) is 9.59 Å². The van der Waals surface area contributed by atoms with Crippen molar-refractivity contribution >= 4 is 11.9 Å². The summed E-state index contributed by atoms with van der Waals surface area (Å²) >= 11 is 0. The monoisotopic (exact) mass is 185 g/mol. The van der Waals surface area contributed by atoms with Gasteiger partial charge in [-0.1, -0.05) is 13.0 Å². The molecule has 4 nitrogen and oxygen atoms in total. The van der Waals surface area contributed by atoms with E-state index in [4.69, 9.17) is 5.11 Å². The van der Waals surface area contributed by atoms with Crippen LogP contribution in [0, 0.1) is 0 Å². The quantitative estimate of drug-likeness (QED) is 0.661. The minimum atomic E-state index is -1.000. The van der Waals surface area contributed by atoms with Gasteiger partial charge in [0.15, 0.2) is 0 Å². The number of aliphatic carboxylic acids is 1. The van der Waals surface area contributed by atoms with Crippen LogP contribution >= 0.6 is 0 Å². The van der Waals surface area contributed by atoms with Gasteiger partial charge >= 0.3 is 5.97 Å². The number of carboxylic acid groups (broad SMARTS) is 1. The maximum Gasteiger partial charge on any atom is 0.323 e. The highest BCUT2D eigenvalue weighted by atomic mass is 16.4. The minimum Gasteiger partial charge on any atom is -0.480 e. The van der Waals surface area contributed by atoms with Crippen LogP contribution in [0.25, 0.3) is 0 Å². The summed E-state index contributed by atoms with van der Waals surface area (Å²) < 4.78 is 0. The van der Waals surface area contributed by atoms with Crippen molar-refractivity contribution in [1.82, 2.24) is 4.90 Å². The van der Waals surface area contributed by atoms with Gasteiger partial charge in [0, 0.05) is 12.6 Å². The topological polar surface area (TPSA) is 57.6 Å². The lowest BCUT2D eigenvalue weighted by atomic mass is 10.2. The zero-order valence-electron chi connectivity index (χ0n) is 8.20. The Labute approximate surface area is 77.8 Å². The van der Waals surface area contributed by atoms with Crippen LogP contribution < -0.4 is 0 Å². The van der Waals surface area contributed by atoms with E-state index in [1.165, 1.54) is 11.9 Å². The summed E-state index contributed by atoms with van der Waals surface area (Å²) in [6, 6.07) is 0. The third-order valence-corrected chi connectivity index (χ3v) is 1.57. The first kappa shape index (κ1) is 11.7. The zero-order chi connectivity index (χ0) is 10.4. The number of carbonyl (C=O) groups is 2. The second-order valence-corrected chi connectivity index (χ2v) is 2.85. The van der Waals surface area contributed by atoms with Gasteiger partial charge in [0.1, 0.15) is 6.54 Å². The lowest BCUT2D eigenvalue weighted by molar-refractivity contribution is -0.142. The molecule has 0 unspecified atom stereocenters. The van der Waals surface area contributed by atoms with Crippen molar-refractivity contribution in [3.05, 3.63) is 11.6 Å². The van der Waals surface area contributed by atoms with Gasteiger partial charge in [-0.2, -0.15) is 0 Å². The molecule has 0 aliphatic rings. The van der Waals surface area contributed by atoms with Crippen molar-refractivity contribution < 1.29 is 14.7 Å². The highest BCUT2D eigenvalue weighted by Crippen LogP contribution is 2.00. The van der Waals surface area contributed by atoms with Crippen molar-refractivity contribution in [3.8, 4) is 0 Å². The van der Waals surface area contributed by atoms with Gasteiger partial charge in [0.2, 0.25) is 5.91 Å². The van der Waals surface area contributed by atoms with E-state index in [2.05, 4.69) is 0 Å². The van der Waals surface area contributed by atoms with E-state index >= 15 is 0 Å². The van der Waals surface area contributed by atoms with E-state index in [0.29, 0.717) is 5.57 Å². The summed E-state index contributed by atoms with van der Waals surface area (Å²) in [7, 11) is 1.48. The summed E-state index contributed by atoms with van der Waals surface area (Å²) in [5, 5.41) is 8.43. The Morgan fingerprint density at radius 3 is 2.38 bits per heavy atom. The summed E-state index contributed by atoms with van der Waals surface area (Å²) in [4.78, 5) is 22.8. The van der Waals surface area contributed by atoms with Crippen LogP contribution in [-0.4, -0.2) is 35.5 Å². The fraction of sp³-hybridized carbons (Fsp3) is 0.556. The molecule has 0 saturated carbocycles. The van der Waals surface area contributed by atoms with Gasteiger partial charge in [-0.25, -0.2) is 0 Å². The van der Waals surface area contributed by atoms with E-state index in [0.717, 1.165) is 6.42 Å². The summed E-state index contributed by atoms with van der Waals surface area (Å²) in [6.07, 6.45) is 2.55. The number of carboxylic acids is 1. The van der Waals surface area contributed by atoms with E-state index in [-0.39, 0.29) is 12.5 Å². The van der Waals surface area contributed by atoms with Crippen molar-refractivity contribution in [2.24, 2.45) is 0 Å². The average Bonchev–Trinajstić information content (AvgIpc) is 2.02. The average molecular weight is 185 g/mol. The SMILES string of the molecule is CC/C=C(\C)C(=O)N(C)CC(=O)O. The third-order valence-electron chi connectivity index (χ3n) is 1.57. The molecule has 0 fully saturated rings. The standard InChI is InChI=1S/C9H15NO3/c1-4-5-7(2)9(13)10(3)6-8(11)12/h5H,4,6H2,1-3H3,(H,11,12)/b7-5+. The van der Waals surface area contributed by atoms with E-state index in [1.54, 1.807) is 13.0 Å². The summed E-state index contributed by atoms with van der Waals surface area (Å²) in [5.74, 6) is -1.23. The van der Waals surface area contributed by atoms with E-state index in [1.807, 2.05) is 6.92 Å². The lowest BCUT2D eigenvalue weighted by Gasteiger charge is -2.14. The molecule has 1 N–H and O–H groups in total. The Balaban J connectivity index is 4.25. The lowest BCUT2D eigenvalue weighted by Crippen LogP contribution is -2.32. The molecule has 4 heteroatoms. The Morgan fingerprint density at radius 2 is 2.00 bits per heavy atom. The molecular weight excluding hydrogens is 170 g/mol. The summed E-state index contributed by atoms with van der Waals surface area (Å²) in [5.41, 5.74) is 0.589. The molecule has 0 bridgehead atoms. The number of carbonyl (C=O) groups excluding carboxylic acids is 1. The van der Waals surface area contributed by atoms with E-state index in [9.17, 15) is 9.59 Å². The molecule has 0 aliphatic carbocycles. The van der Waals surface area contributed by atoms with Crippen LogP contribution in [0.3, 0.4) is 0 Å². The number of likely N-dealkylation sites (N-methyl/N-ethyl adjacent to an activating group) is 1. The van der Waals surface area contributed by atoms with Gasteiger partial charge in [0.25, 0.3) is 0 Å². The number of rotatable bonds is 4. The molecule has 0 radical (unpaired) electrons. The number of hydrogen-bond acceptors (Lipinski definition) is 2. The highest BCUT2D eigenvalue weighted by Gasteiger charge is 2.12. The van der Waals surface area contributed by atoms with Gasteiger partial charge < -0.3 is 10.0 Å². The maximum atomic E-state index is 11.4. The second kappa shape index (κ2) is 5.35. The highest BCUT2D eigenvalue weighted by molar-refractivity contribution is 5.94. The normalized spacial score (nSPS) is 11.2. The van der Waals surface area contributed by atoms with Crippen molar-refractivity contribution in [1.29, 1.82) is 0 Å². The minimum absolute atomic E-state index is 0.232. The molecule has 74 valence electrons.